The molecule has 0 aliphatic heterocycles. The van der Waals surface area contributed by atoms with E-state index in [2.05, 4.69) is 6.08 Å². The highest BCUT2D eigenvalue weighted by Crippen LogP contribution is 2.21. The van der Waals surface area contributed by atoms with Gasteiger partial charge in [0.1, 0.15) is 0 Å². The molecule has 0 aromatic heterocycles. The molecule has 0 saturated carbocycles. The van der Waals surface area contributed by atoms with Crippen molar-refractivity contribution in [2.24, 2.45) is 5.73 Å². The molecule has 2 N–H and O–H groups in total. The molecule has 14 heavy (non-hydrogen) atoms. The van der Waals surface area contributed by atoms with Gasteiger partial charge in [0.2, 0.25) is 0 Å². The van der Waals surface area contributed by atoms with E-state index < -0.39 is 0 Å². The van der Waals surface area contributed by atoms with Gasteiger partial charge in [0.05, 0.1) is 0 Å². The average molecular weight is 210 g/mol. The Bertz CT molecular complexity index is 351. The summed E-state index contributed by atoms with van der Waals surface area (Å²) in [4.78, 5) is 0. The van der Waals surface area contributed by atoms with Crippen LogP contribution in [0.5, 0.6) is 0 Å². The first-order valence-corrected chi connectivity index (χ1v) is 5.05. The molecule has 0 aliphatic rings. The minimum atomic E-state index is -0.0303. The molecule has 0 saturated heterocycles. The van der Waals surface area contributed by atoms with Crippen LogP contribution in [-0.4, -0.2) is 0 Å². The number of hydrogen-bond acceptors (Lipinski definition) is 1. The van der Waals surface area contributed by atoms with Crippen molar-refractivity contribution in [2.45, 2.75) is 26.8 Å². The highest BCUT2D eigenvalue weighted by atomic mass is 35.5. The smallest absolute Gasteiger partial charge is 0.0486 e. The molecule has 0 aliphatic carbocycles. The third kappa shape index (κ3) is 2.86. The zero-order valence-corrected chi connectivity index (χ0v) is 9.60. The number of allylic oxidation sites excluding steroid dienone is 1. The van der Waals surface area contributed by atoms with Crippen molar-refractivity contribution in [1.29, 1.82) is 0 Å². The average Bonchev–Trinajstić information content (AvgIpc) is 2.01. The largest absolute Gasteiger partial charge is 0.321 e. The SMILES string of the molecule is CC(C)=CC(N)c1ccc(Cl)cc1C. The van der Waals surface area contributed by atoms with Crippen molar-refractivity contribution in [1.82, 2.24) is 0 Å². The molecule has 0 amide bonds. The third-order valence-corrected chi connectivity index (χ3v) is 2.34. The quantitative estimate of drug-likeness (QED) is 0.740. The van der Waals surface area contributed by atoms with Gasteiger partial charge in [-0.25, -0.2) is 0 Å². The standard InChI is InChI=1S/C12H16ClN/c1-8(2)6-12(14)11-5-4-10(13)7-9(11)3/h4-7,12H,14H2,1-3H3. The fourth-order valence-electron chi connectivity index (χ4n) is 1.46. The summed E-state index contributed by atoms with van der Waals surface area (Å²) in [5.41, 5.74) is 9.53. The van der Waals surface area contributed by atoms with Crippen LogP contribution in [0.4, 0.5) is 0 Å². The Kier molecular flexibility index (Phi) is 3.73. The molecule has 0 spiro atoms. The van der Waals surface area contributed by atoms with Crippen LogP contribution in [0.25, 0.3) is 0 Å². The summed E-state index contributed by atoms with van der Waals surface area (Å²) >= 11 is 5.87. The van der Waals surface area contributed by atoms with E-state index in [1.807, 2.05) is 39.0 Å². The van der Waals surface area contributed by atoms with E-state index in [1.165, 1.54) is 5.57 Å². The van der Waals surface area contributed by atoms with Gasteiger partial charge in [-0.05, 0) is 44.0 Å². The summed E-state index contributed by atoms with van der Waals surface area (Å²) in [6.07, 6.45) is 2.05. The summed E-state index contributed by atoms with van der Waals surface area (Å²) in [6, 6.07) is 5.78. The maximum atomic E-state index is 6.03. The highest BCUT2D eigenvalue weighted by Gasteiger charge is 2.05. The second-order valence-corrected chi connectivity index (χ2v) is 4.21. The molecule has 0 radical (unpaired) electrons. The summed E-state index contributed by atoms with van der Waals surface area (Å²) in [6.45, 7) is 6.12. The Morgan fingerprint density at radius 1 is 1.43 bits per heavy atom. The fraction of sp³-hybridized carbons (Fsp3) is 0.333. The first kappa shape index (κ1) is 11.3. The van der Waals surface area contributed by atoms with Crippen LogP contribution in [0.3, 0.4) is 0 Å². The van der Waals surface area contributed by atoms with Crippen molar-refractivity contribution in [3.05, 3.63) is 46.0 Å². The molecule has 1 aromatic rings. The Morgan fingerprint density at radius 3 is 2.57 bits per heavy atom. The lowest BCUT2D eigenvalue weighted by Crippen LogP contribution is -2.09. The molecule has 2 heteroatoms. The van der Waals surface area contributed by atoms with Crippen molar-refractivity contribution in [3.63, 3.8) is 0 Å². The first-order chi connectivity index (χ1) is 6.50. The topological polar surface area (TPSA) is 26.0 Å². The fourth-order valence-corrected chi connectivity index (χ4v) is 1.69. The van der Waals surface area contributed by atoms with Gasteiger partial charge in [-0.1, -0.05) is 29.3 Å². The molecule has 0 bridgehead atoms. The number of halogens is 1. The van der Waals surface area contributed by atoms with Crippen LogP contribution in [0.15, 0.2) is 29.8 Å². The Morgan fingerprint density at radius 2 is 2.07 bits per heavy atom. The zero-order chi connectivity index (χ0) is 10.7. The van der Waals surface area contributed by atoms with Crippen LogP contribution >= 0.6 is 11.6 Å². The van der Waals surface area contributed by atoms with Gasteiger partial charge in [0.15, 0.2) is 0 Å². The van der Waals surface area contributed by atoms with E-state index >= 15 is 0 Å². The lowest BCUT2D eigenvalue weighted by atomic mass is 10.0. The predicted molar refractivity (Wildman–Crippen MR) is 62.5 cm³/mol. The van der Waals surface area contributed by atoms with E-state index in [0.717, 1.165) is 16.1 Å². The van der Waals surface area contributed by atoms with Gasteiger partial charge < -0.3 is 5.73 Å². The van der Waals surface area contributed by atoms with Gasteiger partial charge in [-0.15, -0.1) is 0 Å². The van der Waals surface area contributed by atoms with E-state index in [-0.39, 0.29) is 6.04 Å². The third-order valence-electron chi connectivity index (χ3n) is 2.10. The van der Waals surface area contributed by atoms with Crippen LogP contribution < -0.4 is 5.73 Å². The molecule has 1 aromatic carbocycles. The van der Waals surface area contributed by atoms with Crippen LogP contribution in [0.2, 0.25) is 5.02 Å². The predicted octanol–water partition coefficient (Wildman–Crippen LogP) is 3.61. The van der Waals surface area contributed by atoms with Gasteiger partial charge in [0, 0.05) is 11.1 Å². The number of nitrogens with two attached hydrogens (primary N) is 1. The van der Waals surface area contributed by atoms with Crippen LogP contribution in [-0.2, 0) is 0 Å². The number of benzene rings is 1. The summed E-state index contributed by atoms with van der Waals surface area (Å²) in [5, 5.41) is 0.760. The van der Waals surface area contributed by atoms with Crippen molar-refractivity contribution < 1.29 is 0 Å². The number of rotatable bonds is 2. The van der Waals surface area contributed by atoms with Gasteiger partial charge in [-0.3, -0.25) is 0 Å². The minimum absolute atomic E-state index is 0.0303. The monoisotopic (exact) mass is 209 g/mol. The van der Waals surface area contributed by atoms with Crippen LogP contribution in [0.1, 0.15) is 31.0 Å². The summed E-state index contributed by atoms with van der Waals surface area (Å²) in [5.74, 6) is 0. The summed E-state index contributed by atoms with van der Waals surface area (Å²) in [7, 11) is 0. The molecule has 1 unspecified atom stereocenters. The molecule has 1 rings (SSSR count). The maximum Gasteiger partial charge on any atom is 0.0486 e. The van der Waals surface area contributed by atoms with E-state index in [9.17, 15) is 0 Å². The molecule has 76 valence electrons. The minimum Gasteiger partial charge on any atom is -0.321 e. The summed E-state index contributed by atoms with van der Waals surface area (Å²) < 4.78 is 0. The van der Waals surface area contributed by atoms with Crippen molar-refractivity contribution in [2.75, 3.05) is 0 Å². The van der Waals surface area contributed by atoms with Gasteiger partial charge in [-0.2, -0.15) is 0 Å². The molecular formula is C12H16ClN. The Hall–Kier alpha value is -0.790. The van der Waals surface area contributed by atoms with Gasteiger partial charge in [0.25, 0.3) is 0 Å². The molecular weight excluding hydrogens is 194 g/mol. The second kappa shape index (κ2) is 4.63. The molecule has 0 fully saturated rings. The zero-order valence-electron chi connectivity index (χ0n) is 8.84. The molecule has 1 nitrogen and oxygen atoms in total. The maximum absolute atomic E-state index is 6.03. The van der Waals surface area contributed by atoms with E-state index in [1.54, 1.807) is 0 Å². The lowest BCUT2D eigenvalue weighted by molar-refractivity contribution is 0.888. The second-order valence-electron chi connectivity index (χ2n) is 3.77. The number of hydrogen-bond donors (Lipinski definition) is 1. The van der Waals surface area contributed by atoms with E-state index in [0.29, 0.717) is 0 Å². The molecule has 1 atom stereocenters. The van der Waals surface area contributed by atoms with Crippen LogP contribution in [0, 0.1) is 6.92 Å². The first-order valence-electron chi connectivity index (χ1n) is 4.67. The normalized spacial score (nSPS) is 12.4. The number of aryl methyl sites for hydroxylation is 1. The Labute approximate surface area is 90.6 Å². The molecule has 0 heterocycles. The Balaban J connectivity index is 3.02. The van der Waals surface area contributed by atoms with Gasteiger partial charge >= 0.3 is 0 Å². The van der Waals surface area contributed by atoms with Crippen molar-refractivity contribution >= 4 is 11.6 Å². The van der Waals surface area contributed by atoms with Crippen molar-refractivity contribution in [3.8, 4) is 0 Å². The lowest BCUT2D eigenvalue weighted by Gasteiger charge is -2.11. The van der Waals surface area contributed by atoms with E-state index in [4.69, 9.17) is 17.3 Å². The highest BCUT2D eigenvalue weighted by molar-refractivity contribution is 6.30.